The molecule has 0 aliphatic heterocycles. The number of esters is 1. The summed E-state index contributed by atoms with van der Waals surface area (Å²) in [7, 11) is 0. The smallest absolute Gasteiger partial charge is 0.359 e. The molecular formula is C10H13N3O4. The molecule has 1 aromatic heterocycles. The number of aromatic carboxylic acids is 1. The summed E-state index contributed by atoms with van der Waals surface area (Å²) in [5.74, 6) is -2.32. The fraction of sp³-hybridized carbons (Fsp3) is 0.400. The Bertz CT molecular complexity index is 465. The van der Waals surface area contributed by atoms with Gasteiger partial charge in [-0.2, -0.15) is 0 Å². The van der Waals surface area contributed by atoms with E-state index in [4.69, 9.17) is 15.6 Å². The van der Waals surface area contributed by atoms with Crippen LogP contribution in [0.4, 0.5) is 5.82 Å². The first kappa shape index (κ1) is 12.9. The zero-order valence-corrected chi connectivity index (χ0v) is 9.72. The lowest BCUT2D eigenvalue weighted by Crippen LogP contribution is -2.25. The monoisotopic (exact) mass is 239 g/mol. The Balaban J connectivity index is 2.98. The molecule has 0 unspecified atom stereocenters. The van der Waals surface area contributed by atoms with Crippen molar-refractivity contribution in [2.24, 2.45) is 0 Å². The molecule has 0 saturated carbocycles. The molecule has 0 aromatic carbocycles. The van der Waals surface area contributed by atoms with Crippen molar-refractivity contribution in [3.05, 3.63) is 17.6 Å². The fourth-order valence-corrected chi connectivity index (χ4v) is 0.997. The van der Waals surface area contributed by atoms with Gasteiger partial charge in [0.1, 0.15) is 5.60 Å². The van der Waals surface area contributed by atoms with Crippen LogP contribution >= 0.6 is 0 Å². The first-order chi connectivity index (χ1) is 7.70. The summed E-state index contributed by atoms with van der Waals surface area (Å²) in [4.78, 5) is 29.4. The summed E-state index contributed by atoms with van der Waals surface area (Å²) in [5.41, 5.74) is 4.18. The van der Waals surface area contributed by atoms with Crippen molar-refractivity contribution in [3.63, 3.8) is 0 Å². The zero-order valence-electron chi connectivity index (χ0n) is 9.72. The first-order valence-electron chi connectivity index (χ1n) is 4.80. The highest BCUT2D eigenvalue weighted by Gasteiger charge is 2.21. The Morgan fingerprint density at radius 2 is 2.00 bits per heavy atom. The minimum absolute atomic E-state index is 0.123. The van der Waals surface area contributed by atoms with E-state index in [0.29, 0.717) is 0 Å². The summed E-state index contributed by atoms with van der Waals surface area (Å²) in [6.07, 6.45) is 1.02. The predicted octanol–water partition coefficient (Wildman–Crippen LogP) is 0.712. The number of nitrogens with zero attached hydrogens (tertiary/aromatic N) is 2. The summed E-state index contributed by atoms with van der Waals surface area (Å²) >= 11 is 0. The van der Waals surface area contributed by atoms with Crippen LogP contribution in [0.25, 0.3) is 0 Å². The van der Waals surface area contributed by atoms with Crippen molar-refractivity contribution in [3.8, 4) is 0 Å². The van der Waals surface area contributed by atoms with Crippen LogP contribution in [0.1, 0.15) is 41.7 Å². The molecule has 7 nitrogen and oxygen atoms in total. The third-order valence-corrected chi connectivity index (χ3v) is 1.61. The van der Waals surface area contributed by atoms with E-state index in [-0.39, 0.29) is 11.5 Å². The lowest BCUT2D eigenvalue weighted by molar-refractivity contribution is 0.00619. The molecule has 0 aliphatic carbocycles. The number of hydrogen-bond donors (Lipinski definition) is 2. The molecule has 92 valence electrons. The normalized spacial score (nSPS) is 11.0. The van der Waals surface area contributed by atoms with E-state index in [9.17, 15) is 9.59 Å². The van der Waals surface area contributed by atoms with Crippen LogP contribution in [-0.4, -0.2) is 32.6 Å². The highest BCUT2D eigenvalue weighted by Crippen LogP contribution is 2.12. The lowest BCUT2D eigenvalue weighted by atomic mass is 10.2. The summed E-state index contributed by atoms with van der Waals surface area (Å²) < 4.78 is 5.03. The van der Waals surface area contributed by atoms with Crippen LogP contribution < -0.4 is 5.73 Å². The largest absolute Gasteiger partial charge is 0.476 e. The van der Waals surface area contributed by atoms with Gasteiger partial charge in [0.2, 0.25) is 0 Å². The standard InChI is InChI=1S/C10H13N3O4/c1-10(2,3)17-9(16)5-4-12-6(8(14)15)7(11)13-5/h4H,1-3H3,(H2,11,13)(H,14,15). The number of carboxylic acid groups (broad SMARTS) is 1. The number of ether oxygens (including phenoxy) is 1. The number of carboxylic acids is 1. The highest BCUT2D eigenvalue weighted by molar-refractivity contribution is 5.92. The molecule has 0 saturated heterocycles. The second kappa shape index (κ2) is 4.36. The average Bonchev–Trinajstić information content (AvgIpc) is 2.14. The molecule has 1 aromatic rings. The van der Waals surface area contributed by atoms with Crippen LogP contribution in [0, 0.1) is 0 Å². The van der Waals surface area contributed by atoms with Crippen LogP contribution in [0.15, 0.2) is 6.20 Å². The van der Waals surface area contributed by atoms with Gasteiger partial charge in [-0.1, -0.05) is 0 Å². The summed E-state index contributed by atoms with van der Waals surface area (Å²) in [6, 6.07) is 0. The van der Waals surface area contributed by atoms with Gasteiger partial charge in [0, 0.05) is 0 Å². The molecule has 1 heterocycles. The van der Waals surface area contributed by atoms with Crippen molar-refractivity contribution < 1.29 is 19.4 Å². The molecule has 3 N–H and O–H groups in total. The number of aromatic nitrogens is 2. The maximum Gasteiger partial charge on any atom is 0.359 e. The molecule has 7 heteroatoms. The summed E-state index contributed by atoms with van der Waals surface area (Å²) in [5, 5.41) is 8.68. The molecule has 0 atom stereocenters. The molecule has 0 fully saturated rings. The molecule has 17 heavy (non-hydrogen) atoms. The number of carbonyl (C=O) groups excluding carboxylic acids is 1. The number of hydrogen-bond acceptors (Lipinski definition) is 6. The van der Waals surface area contributed by atoms with Crippen molar-refractivity contribution >= 4 is 17.8 Å². The Morgan fingerprint density at radius 1 is 1.41 bits per heavy atom. The number of nitrogen functional groups attached to an aromatic ring is 1. The number of nitrogens with two attached hydrogens (primary N) is 1. The molecular weight excluding hydrogens is 226 g/mol. The zero-order chi connectivity index (χ0) is 13.2. The van der Waals surface area contributed by atoms with Crippen LogP contribution in [0.2, 0.25) is 0 Å². The SMILES string of the molecule is CC(C)(C)OC(=O)c1cnc(C(=O)O)c(N)n1. The van der Waals surface area contributed by atoms with E-state index in [1.807, 2.05) is 0 Å². The Morgan fingerprint density at radius 3 is 2.41 bits per heavy atom. The third-order valence-electron chi connectivity index (χ3n) is 1.61. The number of anilines is 1. The molecule has 0 spiro atoms. The van der Waals surface area contributed by atoms with E-state index in [2.05, 4.69) is 9.97 Å². The maximum absolute atomic E-state index is 11.6. The van der Waals surface area contributed by atoms with Gasteiger partial charge >= 0.3 is 11.9 Å². The van der Waals surface area contributed by atoms with Crippen LogP contribution in [-0.2, 0) is 4.74 Å². The molecule has 0 bridgehead atoms. The fourth-order valence-electron chi connectivity index (χ4n) is 0.997. The van der Waals surface area contributed by atoms with Crippen molar-refractivity contribution in [1.29, 1.82) is 0 Å². The molecule has 0 amide bonds. The maximum atomic E-state index is 11.6. The van der Waals surface area contributed by atoms with Crippen LogP contribution in [0.5, 0.6) is 0 Å². The molecule has 0 aliphatic rings. The van der Waals surface area contributed by atoms with Crippen molar-refractivity contribution in [1.82, 2.24) is 9.97 Å². The van der Waals surface area contributed by atoms with Gasteiger partial charge in [-0.15, -0.1) is 0 Å². The lowest BCUT2D eigenvalue weighted by Gasteiger charge is -2.18. The van der Waals surface area contributed by atoms with Gasteiger partial charge in [-0.05, 0) is 20.8 Å². The summed E-state index contributed by atoms with van der Waals surface area (Å²) in [6.45, 7) is 5.11. The van der Waals surface area contributed by atoms with Gasteiger partial charge in [0.25, 0.3) is 0 Å². The first-order valence-corrected chi connectivity index (χ1v) is 4.80. The Hall–Kier alpha value is -2.18. The van der Waals surface area contributed by atoms with E-state index < -0.39 is 23.2 Å². The van der Waals surface area contributed by atoms with Crippen molar-refractivity contribution in [2.45, 2.75) is 26.4 Å². The van der Waals surface area contributed by atoms with Crippen LogP contribution in [0.3, 0.4) is 0 Å². The number of rotatable bonds is 2. The van der Waals surface area contributed by atoms with Gasteiger partial charge < -0.3 is 15.6 Å². The second-order valence-electron chi connectivity index (χ2n) is 4.30. The average molecular weight is 239 g/mol. The topological polar surface area (TPSA) is 115 Å². The van der Waals surface area contributed by atoms with Gasteiger partial charge in [0.15, 0.2) is 17.2 Å². The number of carbonyl (C=O) groups is 2. The minimum Gasteiger partial charge on any atom is -0.476 e. The van der Waals surface area contributed by atoms with E-state index in [1.54, 1.807) is 20.8 Å². The van der Waals surface area contributed by atoms with E-state index in [1.165, 1.54) is 0 Å². The molecule has 1 rings (SSSR count). The molecule has 0 radical (unpaired) electrons. The second-order valence-corrected chi connectivity index (χ2v) is 4.30. The third kappa shape index (κ3) is 3.40. The quantitative estimate of drug-likeness (QED) is 0.730. The Kier molecular flexibility index (Phi) is 3.31. The van der Waals surface area contributed by atoms with Crippen molar-refractivity contribution in [2.75, 3.05) is 5.73 Å². The highest BCUT2D eigenvalue weighted by atomic mass is 16.6. The van der Waals surface area contributed by atoms with E-state index in [0.717, 1.165) is 6.20 Å². The van der Waals surface area contributed by atoms with Gasteiger partial charge in [-0.3, -0.25) is 0 Å². The van der Waals surface area contributed by atoms with E-state index >= 15 is 0 Å². The Labute approximate surface area is 97.6 Å². The minimum atomic E-state index is -1.30. The predicted molar refractivity (Wildman–Crippen MR) is 58.6 cm³/mol. The van der Waals surface area contributed by atoms with Gasteiger partial charge in [-0.25, -0.2) is 19.6 Å². The van der Waals surface area contributed by atoms with Gasteiger partial charge in [0.05, 0.1) is 6.20 Å².